The number of carbonyl (C=O) groups excluding carboxylic acids is 1. The van der Waals surface area contributed by atoms with Gasteiger partial charge in [0.15, 0.2) is 0 Å². The molecule has 2 aromatic rings. The molecule has 2 rings (SSSR count). The molecule has 0 fully saturated rings. The lowest BCUT2D eigenvalue weighted by molar-refractivity contribution is -0.138. The number of hydrogen-bond donors (Lipinski definition) is 1. The molecular formula is C20H20F3N3OS. The molecule has 1 N–H and O–H groups in total. The summed E-state index contributed by atoms with van der Waals surface area (Å²) in [6.07, 6.45) is -4.37. The van der Waals surface area contributed by atoms with Crippen molar-refractivity contribution in [3.63, 3.8) is 0 Å². The summed E-state index contributed by atoms with van der Waals surface area (Å²) < 4.78 is 40.5. The van der Waals surface area contributed by atoms with Gasteiger partial charge in [-0.25, -0.2) is 4.98 Å². The van der Waals surface area contributed by atoms with E-state index >= 15 is 0 Å². The van der Waals surface area contributed by atoms with E-state index in [1.54, 1.807) is 13.0 Å². The largest absolute Gasteiger partial charge is 0.418 e. The lowest BCUT2D eigenvalue weighted by Crippen LogP contribution is -2.28. The van der Waals surface area contributed by atoms with Gasteiger partial charge in [0.05, 0.1) is 22.9 Å². The van der Waals surface area contributed by atoms with Gasteiger partial charge in [0, 0.05) is 5.69 Å². The standard InChI is InChI=1S/C20H20F3N3OS/c1-4-16-12(2)18(20(21,22)23)15(10-24)19(26-16)28-11-17(27)25-13(3)14-8-6-5-7-9-14/h5-9,13H,4,11H2,1-3H3,(H,25,27)/t13-/m0/s1. The van der Waals surface area contributed by atoms with Crippen LogP contribution in [-0.4, -0.2) is 16.6 Å². The maximum Gasteiger partial charge on any atom is 0.418 e. The normalized spacial score (nSPS) is 12.3. The average molecular weight is 407 g/mol. The summed E-state index contributed by atoms with van der Waals surface area (Å²) in [5.41, 5.74) is -0.358. The minimum Gasteiger partial charge on any atom is -0.349 e. The molecule has 0 aliphatic carbocycles. The van der Waals surface area contributed by atoms with Gasteiger partial charge in [-0.3, -0.25) is 4.79 Å². The molecule has 1 atom stereocenters. The van der Waals surface area contributed by atoms with E-state index < -0.39 is 17.3 Å². The van der Waals surface area contributed by atoms with E-state index in [4.69, 9.17) is 0 Å². The third-order valence-corrected chi connectivity index (χ3v) is 5.23. The number of amides is 1. The summed E-state index contributed by atoms with van der Waals surface area (Å²) in [6.45, 7) is 4.84. The number of halogens is 3. The zero-order chi connectivity index (χ0) is 20.9. The van der Waals surface area contributed by atoms with Crippen molar-refractivity contribution < 1.29 is 18.0 Å². The fraction of sp³-hybridized carbons (Fsp3) is 0.350. The van der Waals surface area contributed by atoms with Crippen LogP contribution in [0.4, 0.5) is 13.2 Å². The molecule has 0 bridgehead atoms. The van der Waals surface area contributed by atoms with Crippen LogP contribution in [0.1, 0.15) is 47.8 Å². The smallest absolute Gasteiger partial charge is 0.349 e. The van der Waals surface area contributed by atoms with Crippen LogP contribution < -0.4 is 5.32 Å². The van der Waals surface area contributed by atoms with Crippen LogP contribution in [0.15, 0.2) is 35.4 Å². The quantitative estimate of drug-likeness (QED) is 0.698. The first-order valence-electron chi connectivity index (χ1n) is 8.66. The highest BCUT2D eigenvalue weighted by molar-refractivity contribution is 8.00. The Morgan fingerprint density at radius 2 is 1.96 bits per heavy atom. The van der Waals surface area contributed by atoms with Crippen LogP contribution in [0.25, 0.3) is 0 Å². The van der Waals surface area contributed by atoms with Crippen molar-refractivity contribution in [1.82, 2.24) is 10.3 Å². The fourth-order valence-electron chi connectivity index (χ4n) is 2.85. The number of nitriles is 1. The van der Waals surface area contributed by atoms with Gasteiger partial charge in [0.2, 0.25) is 5.91 Å². The highest BCUT2D eigenvalue weighted by atomic mass is 32.2. The number of aryl methyl sites for hydroxylation is 1. The number of carbonyl (C=O) groups is 1. The Morgan fingerprint density at radius 3 is 2.50 bits per heavy atom. The highest BCUT2D eigenvalue weighted by Crippen LogP contribution is 2.38. The molecule has 0 aliphatic heterocycles. The molecule has 1 aromatic heterocycles. The molecule has 0 unspecified atom stereocenters. The molecule has 0 saturated carbocycles. The Kier molecular flexibility index (Phi) is 7.08. The Hall–Kier alpha value is -2.53. The Morgan fingerprint density at radius 1 is 1.32 bits per heavy atom. The second kappa shape index (κ2) is 9.11. The van der Waals surface area contributed by atoms with Crippen molar-refractivity contribution in [3.8, 4) is 6.07 Å². The van der Waals surface area contributed by atoms with Crippen LogP contribution in [0, 0.1) is 18.3 Å². The number of pyridine rings is 1. The number of benzene rings is 1. The van der Waals surface area contributed by atoms with Crippen molar-refractivity contribution in [1.29, 1.82) is 5.26 Å². The van der Waals surface area contributed by atoms with Gasteiger partial charge in [-0.05, 0) is 31.4 Å². The van der Waals surface area contributed by atoms with Crippen molar-refractivity contribution in [2.45, 2.75) is 44.4 Å². The van der Waals surface area contributed by atoms with Gasteiger partial charge in [0.25, 0.3) is 0 Å². The molecule has 0 spiro atoms. The number of alkyl halides is 3. The lowest BCUT2D eigenvalue weighted by atomic mass is 10.0. The maximum absolute atomic E-state index is 13.5. The zero-order valence-corrected chi connectivity index (χ0v) is 16.5. The minimum atomic E-state index is -4.67. The van der Waals surface area contributed by atoms with Gasteiger partial charge >= 0.3 is 6.18 Å². The van der Waals surface area contributed by atoms with Crippen molar-refractivity contribution in [2.75, 3.05) is 5.75 Å². The van der Waals surface area contributed by atoms with Crippen LogP contribution >= 0.6 is 11.8 Å². The fourth-order valence-corrected chi connectivity index (χ4v) is 3.67. The van der Waals surface area contributed by atoms with E-state index in [1.165, 1.54) is 6.92 Å². The second-order valence-corrected chi connectivity index (χ2v) is 7.15. The third kappa shape index (κ3) is 5.04. The lowest BCUT2D eigenvalue weighted by Gasteiger charge is -2.18. The summed E-state index contributed by atoms with van der Waals surface area (Å²) in [5.74, 6) is -0.484. The van der Waals surface area contributed by atoms with E-state index in [2.05, 4.69) is 10.3 Å². The topological polar surface area (TPSA) is 65.8 Å². The van der Waals surface area contributed by atoms with Gasteiger partial charge in [-0.2, -0.15) is 18.4 Å². The van der Waals surface area contributed by atoms with Crippen molar-refractivity contribution in [3.05, 3.63) is 58.3 Å². The van der Waals surface area contributed by atoms with Crippen LogP contribution in [-0.2, 0) is 17.4 Å². The third-order valence-electron chi connectivity index (χ3n) is 4.26. The number of hydrogen-bond acceptors (Lipinski definition) is 4. The molecule has 1 aromatic carbocycles. The van der Waals surface area contributed by atoms with Crippen LogP contribution in [0.2, 0.25) is 0 Å². The zero-order valence-electron chi connectivity index (χ0n) is 15.7. The summed E-state index contributed by atoms with van der Waals surface area (Å²) >= 11 is 0.840. The molecule has 1 amide bonds. The van der Waals surface area contributed by atoms with E-state index in [0.29, 0.717) is 6.42 Å². The number of nitrogens with zero attached hydrogens (tertiary/aromatic N) is 2. The Balaban J connectivity index is 2.22. The summed E-state index contributed by atoms with van der Waals surface area (Å²) in [5, 5.41) is 12.0. The van der Waals surface area contributed by atoms with E-state index in [9.17, 15) is 23.2 Å². The number of rotatable bonds is 6. The van der Waals surface area contributed by atoms with Crippen LogP contribution in [0.5, 0.6) is 0 Å². The van der Waals surface area contributed by atoms with Gasteiger partial charge < -0.3 is 5.32 Å². The first-order chi connectivity index (χ1) is 13.2. The Labute approximate surface area is 166 Å². The molecule has 28 heavy (non-hydrogen) atoms. The number of thioether (sulfide) groups is 1. The van der Waals surface area contributed by atoms with E-state index in [0.717, 1.165) is 17.3 Å². The molecule has 0 aliphatic rings. The van der Waals surface area contributed by atoms with E-state index in [1.807, 2.05) is 37.3 Å². The predicted molar refractivity (Wildman–Crippen MR) is 102 cm³/mol. The molecule has 8 heteroatoms. The minimum absolute atomic E-state index is 0.0435. The van der Waals surface area contributed by atoms with Crippen molar-refractivity contribution >= 4 is 17.7 Å². The maximum atomic E-state index is 13.5. The SMILES string of the molecule is CCc1nc(SCC(=O)N[C@@H](C)c2ccccc2)c(C#N)c(C(F)(F)F)c1C. The molecular weight excluding hydrogens is 387 g/mol. The predicted octanol–water partition coefficient (Wildman–Crippen LogP) is 4.81. The van der Waals surface area contributed by atoms with E-state index in [-0.39, 0.29) is 34.0 Å². The molecule has 0 radical (unpaired) electrons. The van der Waals surface area contributed by atoms with Gasteiger partial charge in [0.1, 0.15) is 11.1 Å². The molecule has 1 heterocycles. The summed E-state index contributed by atoms with van der Waals surface area (Å²) in [6, 6.07) is 10.7. The summed E-state index contributed by atoms with van der Waals surface area (Å²) in [4.78, 5) is 16.4. The van der Waals surface area contributed by atoms with Gasteiger partial charge in [-0.1, -0.05) is 49.0 Å². The average Bonchev–Trinajstić information content (AvgIpc) is 2.66. The van der Waals surface area contributed by atoms with Crippen molar-refractivity contribution in [2.24, 2.45) is 0 Å². The molecule has 4 nitrogen and oxygen atoms in total. The summed E-state index contributed by atoms with van der Waals surface area (Å²) in [7, 11) is 0. The molecule has 0 saturated heterocycles. The first-order valence-corrected chi connectivity index (χ1v) is 9.65. The highest BCUT2D eigenvalue weighted by Gasteiger charge is 2.38. The molecule has 148 valence electrons. The first kappa shape index (κ1) is 21.8. The van der Waals surface area contributed by atoms with Gasteiger partial charge in [-0.15, -0.1) is 0 Å². The second-order valence-electron chi connectivity index (χ2n) is 6.19. The van der Waals surface area contributed by atoms with Crippen LogP contribution in [0.3, 0.4) is 0 Å². The monoisotopic (exact) mass is 407 g/mol. The number of nitrogens with one attached hydrogen (secondary N) is 1. The Bertz CT molecular complexity index is 892. The number of aromatic nitrogens is 1.